The summed E-state index contributed by atoms with van der Waals surface area (Å²) in [6.45, 7) is 4.55. The van der Waals surface area contributed by atoms with Crippen LogP contribution in [0.2, 0.25) is 0 Å². The highest BCUT2D eigenvalue weighted by atomic mass is 32.1. The van der Waals surface area contributed by atoms with E-state index in [0.717, 1.165) is 27.8 Å². The van der Waals surface area contributed by atoms with E-state index >= 15 is 0 Å². The average Bonchev–Trinajstić information content (AvgIpc) is 3.33. The van der Waals surface area contributed by atoms with Crippen molar-refractivity contribution in [1.82, 2.24) is 9.88 Å². The van der Waals surface area contributed by atoms with Gasteiger partial charge in [0.1, 0.15) is 16.5 Å². The molecule has 0 aliphatic carbocycles. The van der Waals surface area contributed by atoms with Gasteiger partial charge in [-0.2, -0.15) is 0 Å². The molecule has 0 bridgehead atoms. The van der Waals surface area contributed by atoms with Gasteiger partial charge in [0.15, 0.2) is 0 Å². The maximum Gasteiger partial charge on any atom is 0.228 e. The van der Waals surface area contributed by atoms with Crippen LogP contribution in [-0.4, -0.2) is 29.4 Å². The molecule has 0 saturated carbocycles. The number of hydrogen-bond acceptors (Lipinski definition) is 5. The topological polar surface area (TPSA) is 55.6 Å². The van der Waals surface area contributed by atoms with Crippen molar-refractivity contribution in [2.45, 2.75) is 26.3 Å². The summed E-state index contributed by atoms with van der Waals surface area (Å²) in [5.74, 6) is 1.63. The van der Waals surface area contributed by atoms with Crippen LogP contribution in [0, 0.1) is 0 Å². The Labute approximate surface area is 157 Å². The normalized spacial score (nSPS) is 12.0. The fourth-order valence-electron chi connectivity index (χ4n) is 2.60. The lowest BCUT2D eigenvalue weighted by Gasteiger charge is -2.23. The van der Waals surface area contributed by atoms with Gasteiger partial charge in [-0.25, -0.2) is 4.98 Å². The highest BCUT2D eigenvalue weighted by Gasteiger charge is 2.20. The Kier molecular flexibility index (Phi) is 5.73. The largest absolute Gasteiger partial charge is 0.494 e. The van der Waals surface area contributed by atoms with Crippen molar-refractivity contribution in [2.24, 2.45) is 0 Å². The molecule has 0 radical (unpaired) electrons. The molecular weight excluding hydrogens is 348 g/mol. The van der Waals surface area contributed by atoms with Gasteiger partial charge in [-0.1, -0.05) is 0 Å². The summed E-state index contributed by atoms with van der Waals surface area (Å²) in [4.78, 5) is 18.8. The van der Waals surface area contributed by atoms with Crippen molar-refractivity contribution in [1.29, 1.82) is 0 Å². The van der Waals surface area contributed by atoms with Gasteiger partial charge in [-0.15, -0.1) is 11.3 Å². The summed E-state index contributed by atoms with van der Waals surface area (Å²) in [7, 11) is 1.79. The Morgan fingerprint density at radius 2 is 2.08 bits per heavy atom. The predicted octanol–water partition coefficient (Wildman–Crippen LogP) is 4.56. The number of hydrogen-bond donors (Lipinski definition) is 0. The molecule has 3 aromatic rings. The number of thiazole rings is 1. The summed E-state index contributed by atoms with van der Waals surface area (Å²) >= 11 is 1.54. The fraction of sp³-hybridized carbons (Fsp3) is 0.300. The number of furan rings is 1. The number of ether oxygens (including phenoxy) is 1. The molecule has 3 rings (SSSR count). The predicted molar refractivity (Wildman–Crippen MR) is 102 cm³/mol. The molecule has 0 fully saturated rings. The first-order chi connectivity index (χ1) is 12.6. The molecule has 0 aliphatic rings. The number of likely N-dealkylation sites (N-methyl/N-ethyl adjacent to an activating group) is 1. The summed E-state index contributed by atoms with van der Waals surface area (Å²) < 4.78 is 10.8. The summed E-state index contributed by atoms with van der Waals surface area (Å²) in [6.07, 6.45) is 1.89. The van der Waals surface area contributed by atoms with E-state index in [2.05, 4.69) is 4.98 Å². The van der Waals surface area contributed by atoms with Crippen molar-refractivity contribution in [3.63, 3.8) is 0 Å². The minimum atomic E-state index is -0.110. The second-order valence-corrected chi connectivity index (χ2v) is 6.83. The molecule has 1 atom stereocenters. The van der Waals surface area contributed by atoms with E-state index in [1.165, 1.54) is 0 Å². The smallest absolute Gasteiger partial charge is 0.228 e. The molecule has 5 nitrogen and oxygen atoms in total. The molecule has 6 heteroatoms. The Morgan fingerprint density at radius 3 is 2.73 bits per heavy atom. The van der Waals surface area contributed by atoms with Crippen LogP contribution in [0.1, 0.15) is 31.3 Å². The van der Waals surface area contributed by atoms with Crippen LogP contribution in [0.25, 0.3) is 10.6 Å². The van der Waals surface area contributed by atoms with Crippen LogP contribution in [0.4, 0.5) is 0 Å². The SMILES string of the molecule is CCOc1ccc(-c2nc(CC(=O)N(C)C(C)c3ccco3)cs2)cc1. The van der Waals surface area contributed by atoms with Crippen LogP contribution >= 0.6 is 11.3 Å². The number of benzene rings is 1. The average molecular weight is 370 g/mol. The number of nitrogens with zero attached hydrogens (tertiary/aromatic N) is 2. The quantitative estimate of drug-likeness (QED) is 0.612. The molecule has 1 unspecified atom stereocenters. The van der Waals surface area contributed by atoms with Crippen molar-refractivity contribution in [3.8, 4) is 16.3 Å². The van der Waals surface area contributed by atoms with Gasteiger partial charge < -0.3 is 14.1 Å². The van der Waals surface area contributed by atoms with Gasteiger partial charge in [0.25, 0.3) is 0 Å². The number of carbonyl (C=O) groups is 1. The number of rotatable bonds is 7. The Hall–Kier alpha value is -2.60. The minimum absolute atomic E-state index is 0.0115. The molecule has 2 aromatic heterocycles. The van der Waals surface area contributed by atoms with Gasteiger partial charge >= 0.3 is 0 Å². The molecule has 0 saturated heterocycles. The van der Waals surface area contributed by atoms with Gasteiger partial charge in [0.2, 0.25) is 5.91 Å². The minimum Gasteiger partial charge on any atom is -0.494 e. The monoisotopic (exact) mass is 370 g/mol. The van der Waals surface area contributed by atoms with Crippen molar-refractivity contribution >= 4 is 17.2 Å². The van der Waals surface area contributed by atoms with Crippen LogP contribution in [0.15, 0.2) is 52.5 Å². The molecule has 1 amide bonds. The highest BCUT2D eigenvalue weighted by molar-refractivity contribution is 7.13. The Balaban J connectivity index is 1.65. The second-order valence-electron chi connectivity index (χ2n) is 5.97. The van der Waals surface area contributed by atoms with E-state index in [1.54, 1.807) is 29.5 Å². The summed E-state index contributed by atoms with van der Waals surface area (Å²) in [5, 5.41) is 2.84. The van der Waals surface area contributed by atoms with E-state index < -0.39 is 0 Å². The zero-order chi connectivity index (χ0) is 18.5. The first kappa shape index (κ1) is 18.2. The van der Waals surface area contributed by atoms with Crippen LogP contribution in [0.5, 0.6) is 5.75 Å². The third-order valence-electron chi connectivity index (χ3n) is 4.23. The van der Waals surface area contributed by atoms with Gasteiger partial charge in [0, 0.05) is 18.0 Å². The van der Waals surface area contributed by atoms with E-state index in [1.807, 2.05) is 55.6 Å². The first-order valence-electron chi connectivity index (χ1n) is 8.55. The molecule has 0 spiro atoms. The van der Waals surface area contributed by atoms with E-state index in [0.29, 0.717) is 6.61 Å². The lowest BCUT2D eigenvalue weighted by molar-refractivity contribution is -0.131. The fourth-order valence-corrected chi connectivity index (χ4v) is 3.42. The molecule has 136 valence electrons. The Morgan fingerprint density at radius 1 is 1.31 bits per heavy atom. The van der Waals surface area contributed by atoms with Gasteiger partial charge in [0.05, 0.1) is 31.0 Å². The highest BCUT2D eigenvalue weighted by Crippen LogP contribution is 2.26. The zero-order valence-corrected chi connectivity index (χ0v) is 16.0. The second kappa shape index (κ2) is 8.19. The molecule has 0 aliphatic heterocycles. The van der Waals surface area contributed by atoms with Crippen molar-refractivity contribution < 1.29 is 13.9 Å². The molecule has 0 N–H and O–H groups in total. The zero-order valence-electron chi connectivity index (χ0n) is 15.1. The lowest BCUT2D eigenvalue weighted by atomic mass is 10.2. The first-order valence-corrected chi connectivity index (χ1v) is 9.43. The van der Waals surface area contributed by atoms with Gasteiger partial charge in [-0.05, 0) is 50.2 Å². The Bertz CT molecular complexity index is 840. The van der Waals surface area contributed by atoms with Crippen molar-refractivity contribution in [3.05, 3.63) is 59.5 Å². The maximum absolute atomic E-state index is 12.5. The van der Waals surface area contributed by atoms with E-state index in [4.69, 9.17) is 9.15 Å². The van der Waals surface area contributed by atoms with Crippen LogP contribution in [0.3, 0.4) is 0 Å². The van der Waals surface area contributed by atoms with Crippen molar-refractivity contribution in [2.75, 3.05) is 13.7 Å². The van der Waals surface area contributed by atoms with E-state index in [-0.39, 0.29) is 18.4 Å². The number of carbonyl (C=O) groups excluding carboxylic acids is 1. The standard InChI is InChI=1S/C20H22N2O3S/c1-4-24-17-9-7-15(8-10-17)20-21-16(13-26-20)12-19(23)22(3)14(2)18-6-5-11-25-18/h5-11,13-14H,4,12H2,1-3H3. The molecule has 26 heavy (non-hydrogen) atoms. The number of aromatic nitrogens is 1. The van der Waals surface area contributed by atoms with Crippen LogP contribution in [-0.2, 0) is 11.2 Å². The molecule has 1 aromatic carbocycles. The van der Waals surface area contributed by atoms with Gasteiger partial charge in [-0.3, -0.25) is 4.79 Å². The maximum atomic E-state index is 12.5. The number of amides is 1. The van der Waals surface area contributed by atoms with E-state index in [9.17, 15) is 4.79 Å². The molecule has 2 heterocycles. The molecular formula is C20H22N2O3S. The third-order valence-corrected chi connectivity index (χ3v) is 5.17. The van der Waals surface area contributed by atoms with Crippen LogP contribution < -0.4 is 4.74 Å². The summed E-state index contributed by atoms with van der Waals surface area (Å²) in [6, 6.07) is 11.4. The third kappa shape index (κ3) is 4.14. The summed E-state index contributed by atoms with van der Waals surface area (Å²) in [5.41, 5.74) is 1.80. The lowest BCUT2D eigenvalue weighted by Crippen LogP contribution is -2.30.